The third-order valence-corrected chi connectivity index (χ3v) is 11.4. The van der Waals surface area contributed by atoms with Gasteiger partial charge in [0.1, 0.15) is 13.2 Å². The van der Waals surface area contributed by atoms with Gasteiger partial charge in [0.2, 0.25) is 0 Å². The molecule has 0 spiro atoms. The number of unbranched alkanes of at least 4 members (excludes halogenated alkanes) is 23. The summed E-state index contributed by atoms with van der Waals surface area (Å²) in [5.74, 6) is -0.922. The van der Waals surface area contributed by atoms with Crippen molar-refractivity contribution in [2.75, 3.05) is 13.2 Å². The maximum Gasteiger partial charge on any atom is 0.306 e. The monoisotopic (exact) mass is 905 g/mol. The second-order valence-electron chi connectivity index (χ2n) is 17.7. The zero-order valence-corrected chi connectivity index (χ0v) is 42.5. The number of carbonyl (C=O) groups excluding carboxylic acids is 3. The smallest absolute Gasteiger partial charge is 0.306 e. The van der Waals surface area contributed by atoms with E-state index in [9.17, 15) is 14.4 Å². The molecule has 0 heterocycles. The lowest BCUT2D eigenvalue weighted by molar-refractivity contribution is -0.167. The minimum absolute atomic E-state index is 0.0890. The first kappa shape index (κ1) is 61.6. The molecule has 65 heavy (non-hydrogen) atoms. The van der Waals surface area contributed by atoms with Crippen LogP contribution in [-0.4, -0.2) is 37.2 Å². The van der Waals surface area contributed by atoms with Crippen LogP contribution in [0.4, 0.5) is 0 Å². The van der Waals surface area contributed by atoms with Crippen molar-refractivity contribution in [3.8, 4) is 0 Å². The van der Waals surface area contributed by atoms with Gasteiger partial charge in [0, 0.05) is 19.3 Å². The average Bonchev–Trinajstić information content (AvgIpc) is 3.30. The van der Waals surface area contributed by atoms with Gasteiger partial charge in [0.25, 0.3) is 0 Å². The molecule has 372 valence electrons. The highest BCUT2D eigenvalue weighted by Gasteiger charge is 2.19. The van der Waals surface area contributed by atoms with Crippen LogP contribution in [0.25, 0.3) is 0 Å². The first-order valence-corrected chi connectivity index (χ1v) is 27.1. The lowest BCUT2D eigenvalue weighted by Gasteiger charge is -2.18. The summed E-state index contributed by atoms with van der Waals surface area (Å²) in [6, 6.07) is 0. The van der Waals surface area contributed by atoms with Gasteiger partial charge in [-0.3, -0.25) is 14.4 Å². The fraction of sp³-hybridized carbons (Fsp3) is 0.712. The molecule has 0 radical (unpaired) electrons. The van der Waals surface area contributed by atoms with Crippen molar-refractivity contribution in [3.05, 3.63) is 85.1 Å². The highest BCUT2D eigenvalue weighted by atomic mass is 16.6. The summed E-state index contributed by atoms with van der Waals surface area (Å²) >= 11 is 0. The van der Waals surface area contributed by atoms with E-state index < -0.39 is 6.10 Å². The minimum atomic E-state index is -0.793. The van der Waals surface area contributed by atoms with Crippen LogP contribution in [0.15, 0.2) is 85.1 Å². The predicted molar refractivity (Wildman–Crippen MR) is 279 cm³/mol. The molecular weight excluding hydrogens is 805 g/mol. The topological polar surface area (TPSA) is 78.9 Å². The van der Waals surface area contributed by atoms with Gasteiger partial charge in [0.15, 0.2) is 6.10 Å². The maximum atomic E-state index is 12.8. The molecule has 0 amide bonds. The molecule has 0 aromatic carbocycles. The third-order valence-electron chi connectivity index (χ3n) is 11.4. The fourth-order valence-corrected chi connectivity index (χ4v) is 7.39. The molecule has 0 fully saturated rings. The van der Waals surface area contributed by atoms with Crippen LogP contribution in [0.1, 0.15) is 252 Å². The summed E-state index contributed by atoms with van der Waals surface area (Å²) in [6.07, 6.45) is 68.5. The normalized spacial score (nSPS) is 12.7. The van der Waals surface area contributed by atoms with Gasteiger partial charge in [-0.25, -0.2) is 0 Å². The van der Waals surface area contributed by atoms with E-state index >= 15 is 0 Å². The molecule has 0 aliphatic heterocycles. The number of rotatable bonds is 48. The lowest BCUT2D eigenvalue weighted by atomic mass is 10.0. The summed E-state index contributed by atoms with van der Waals surface area (Å²) in [5, 5.41) is 0. The molecule has 0 N–H and O–H groups in total. The molecule has 0 rings (SSSR count). The van der Waals surface area contributed by atoms with Gasteiger partial charge in [0.05, 0.1) is 0 Å². The van der Waals surface area contributed by atoms with Crippen LogP contribution in [0.2, 0.25) is 0 Å². The summed E-state index contributed by atoms with van der Waals surface area (Å²) in [7, 11) is 0. The van der Waals surface area contributed by atoms with Crippen molar-refractivity contribution in [1.29, 1.82) is 0 Å². The molecule has 0 bridgehead atoms. The molecule has 1 unspecified atom stereocenters. The average molecular weight is 905 g/mol. The Kier molecular flexibility index (Phi) is 50.4. The number of allylic oxidation sites excluding steroid dienone is 14. The van der Waals surface area contributed by atoms with E-state index in [4.69, 9.17) is 14.2 Å². The standard InChI is InChI=1S/C59H100O6/c1-4-7-10-13-16-19-22-25-28-29-30-31-32-35-37-40-43-46-49-52-58(61)64-55-56(65-59(62)53-50-47-44-41-38-34-27-24-21-18-15-12-9-6-3)54-63-57(60)51-48-45-42-39-36-33-26-23-20-17-14-11-8-5-2/h7,9-10,12,16,18-19,21,25,27-28,30-31,34,56H,4-6,8,11,13-15,17,20,22-24,26,29,32-33,35-55H2,1-3H3/b10-7-,12-9-,19-16-,21-18-,28-25-,31-30-,34-27-. The van der Waals surface area contributed by atoms with E-state index in [1.165, 1.54) is 83.5 Å². The van der Waals surface area contributed by atoms with Gasteiger partial charge in [-0.1, -0.05) is 228 Å². The molecule has 0 aliphatic rings. The summed E-state index contributed by atoms with van der Waals surface area (Å²) in [5.41, 5.74) is 0. The first-order valence-electron chi connectivity index (χ1n) is 27.1. The van der Waals surface area contributed by atoms with Crippen LogP contribution < -0.4 is 0 Å². The quantitative estimate of drug-likeness (QED) is 0.0262. The van der Waals surface area contributed by atoms with E-state index in [-0.39, 0.29) is 31.1 Å². The highest BCUT2D eigenvalue weighted by molar-refractivity contribution is 5.71. The van der Waals surface area contributed by atoms with Gasteiger partial charge in [-0.15, -0.1) is 0 Å². The molecule has 0 saturated carbocycles. The van der Waals surface area contributed by atoms with Crippen molar-refractivity contribution < 1.29 is 28.6 Å². The lowest BCUT2D eigenvalue weighted by Crippen LogP contribution is -2.30. The number of esters is 3. The fourth-order valence-electron chi connectivity index (χ4n) is 7.39. The summed E-state index contributed by atoms with van der Waals surface area (Å²) in [6.45, 7) is 6.39. The molecule has 1 atom stereocenters. The Balaban J connectivity index is 4.42. The number of carbonyl (C=O) groups is 3. The van der Waals surface area contributed by atoms with E-state index in [0.29, 0.717) is 19.3 Å². The van der Waals surface area contributed by atoms with E-state index in [1.807, 2.05) is 0 Å². The number of hydrogen-bond donors (Lipinski definition) is 0. The second-order valence-corrected chi connectivity index (χ2v) is 17.7. The van der Waals surface area contributed by atoms with Gasteiger partial charge in [-0.2, -0.15) is 0 Å². The van der Waals surface area contributed by atoms with Gasteiger partial charge in [-0.05, 0) is 89.9 Å². The first-order chi connectivity index (χ1) is 32.0. The van der Waals surface area contributed by atoms with Gasteiger partial charge < -0.3 is 14.2 Å². The predicted octanol–water partition coefficient (Wildman–Crippen LogP) is 18.0. The number of hydrogen-bond acceptors (Lipinski definition) is 6. The highest BCUT2D eigenvalue weighted by Crippen LogP contribution is 2.15. The van der Waals surface area contributed by atoms with E-state index in [1.54, 1.807) is 0 Å². The van der Waals surface area contributed by atoms with Crippen molar-refractivity contribution in [3.63, 3.8) is 0 Å². The van der Waals surface area contributed by atoms with Crippen LogP contribution in [0, 0.1) is 0 Å². The number of ether oxygens (including phenoxy) is 3. The SMILES string of the molecule is CC/C=C\C/C=C\C/C=C\C/C=C\CCCCCCCCC(=O)OCC(COC(=O)CCCCCCCCCCCCCCCC)OC(=O)CCCCCC/C=C\C/C=C\C/C=C\CC. The van der Waals surface area contributed by atoms with Crippen molar-refractivity contribution in [2.45, 2.75) is 258 Å². The Bertz CT molecular complexity index is 1270. The molecular formula is C59H100O6. The van der Waals surface area contributed by atoms with Crippen molar-refractivity contribution in [1.82, 2.24) is 0 Å². The largest absolute Gasteiger partial charge is 0.462 e. The Morgan fingerprint density at radius 2 is 0.600 bits per heavy atom. The molecule has 0 aromatic heterocycles. The van der Waals surface area contributed by atoms with Crippen LogP contribution >= 0.6 is 0 Å². The van der Waals surface area contributed by atoms with E-state index in [2.05, 4.69) is 106 Å². The van der Waals surface area contributed by atoms with Crippen LogP contribution in [0.3, 0.4) is 0 Å². The summed E-state index contributed by atoms with van der Waals surface area (Å²) < 4.78 is 16.8. The maximum absolute atomic E-state index is 12.8. The van der Waals surface area contributed by atoms with Crippen molar-refractivity contribution in [2.24, 2.45) is 0 Å². The zero-order valence-electron chi connectivity index (χ0n) is 42.5. The summed E-state index contributed by atoms with van der Waals surface area (Å²) in [4.78, 5) is 38.1. The molecule has 0 aliphatic carbocycles. The van der Waals surface area contributed by atoms with Crippen molar-refractivity contribution >= 4 is 17.9 Å². The van der Waals surface area contributed by atoms with Crippen LogP contribution in [-0.2, 0) is 28.6 Å². The second kappa shape index (κ2) is 53.2. The molecule has 6 nitrogen and oxygen atoms in total. The Morgan fingerprint density at radius 1 is 0.323 bits per heavy atom. The van der Waals surface area contributed by atoms with Crippen LogP contribution in [0.5, 0.6) is 0 Å². The minimum Gasteiger partial charge on any atom is -0.462 e. The Hall–Kier alpha value is -3.41. The Labute approximate surface area is 401 Å². The molecule has 0 aromatic rings. The molecule has 0 saturated heterocycles. The van der Waals surface area contributed by atoms with E-state index in [0.717, 1.165) is 128 Å². The Morgan fingerprint density at radius 3 is 0.938 bits per heavy atom. The molecule has 6 heteroatoms. The van der Waals surface area contributed by atoms with Gasteiger partial charge >= 0.3 is 17.9 Å². The third kappa shape index (κ3) is 51.4. The zero-order chi connectivity index (χ0) is 47.2.